The number of piperidine rings is 1. The molecule has 2 aliphatic rings. The lowest BCUT2D eigenvalue weighted by molar-refractivity contribution is 0.0326. The summed E-state index contributed by atoms with van der Waals surface area (Å²) in [4.78, 5) is 2.66. The first-order valence-electron chi connectivity index (χ1n) is 9.15. The molecule has 3 atom stereocenters. The van der Waals surface area contributed by atoms with E-state index in [0.29, 0.717) is 11.5 Å². The van der Waals surface area contributed by atoms with Crippen LogP contribution < -0.4 is 0 Å². The average molecular weight is 290 g/mol. The van der Waals surface area contributed by atoms with Gasteiger partial charge in [-0.25, -0.2) is 0 Å². The Morgan fingerprint density at radius 1 is 1.10 bits per heavy atom. The van der Waals surface area contributed by atoms with Crippen molar-refractivity contribution in [2.45, 2.75) is 78.7 Å². The molecule has 2 fully saturated rings. The van der Waals surface area contributed by atoms with E-state index in [9.17, 15) is 5.26 Å². The third-order valence-electron chi connectivity index (χ3n) is 6.69. The summed E-state index contributed by atoms with van der Waals surface area (Å²) in [6.45, 7) is 11.9. The Balaban J connectivity index is 2.02. The number of nitriles is 1. The van der Waals surface area contributed by atoms with Gasteiger partial charge in [-0.1, -0.05) is 40.5 Å². The Bertz CT molecular complexity index is 360. The first-order chi connectivity index (χ1) is 10.0. The van der Waals surface area contributed by atoms with Crippen molar-refractivity contribution >= 4 is 0 Å². The molecule has 0 aromatic heterocycles. The maximum atomic E-state index is 9.56. The van der Waals surface area contributed by atoms with Crippen LogP contribution in [-0.4, -0.2) is 24.0 Å². The smallest absolute Gasteiger partial charge is 0.0672 e. The van der Waals surface area contributed by atoms with E-state index in [0.717, 1.165) is 18.3 Å². The molecule has 3 unspecified atom stereocenters. The molecule has 21 heavy (non-hydrogen) atoms. The fraction of sp³-hybridized carbons (Fsp3) is 0.947. The summed E-state index contributed by atoms with van der Waals surface area (Å²) in [5, 5.41) is 9.56. The molecule has 2 heteroatoms. The summed E-state index contributed by atoms with van der Waals surface area (Å²) in [5.41, 5.74) is 0.431. The molecule has 120 valence electrons. The molecule has 0 aromatic carbocycles. The first kappa shape index (κ1) is 16.8. The van der Waals surface area contributed by atoms with Crippen molar-refractivity contribution in [2.75, 3.05) is 13.1 Å². The number of hydrogen-bond donors (Lipinski definition) is 0. The molecule has 1 aliphatic heterocycles. The van der Waals surface area contributed by atoms with Crippen LogP contribution in [0.5, 0.6) is 0 Å². The minimum atomic E-state index is 0.270. The maximum absolute atomic E-state index is 9.56. The fourth-order valence-corrected chi connectivity index (χ4v) is 4.39. The van der Waals surface area contributed by atoms with Gasteiger partial charge in [0, 0.05) is 6.04 Å². The molecule has 0 radical (unpaired) electrons. The second-order valence-electron chi connectivity index (χ2n) is 8.04. The summed E-state index contributed by atoms with van der Waals surface area (Å²) in [5.74, 6) is 1.99. The van der Waals surface area contributed by atoms with Gasteiger partial charge in [-0.05, 0) is 62.4 Å². The molecule has 2 nitrogen and oxygen atoms in total. The van der Waals surface area contributed by atoms with Crippen LogP contribution in [0.25, 0.3) is 0 Å². The van der Waals surface area contributed by atoms with Crippen molar-refractivity contribution in [2.24, 2.45) is 23.2 Å². The van der Waals surface area contributed by atoms with Gasteiger partial charge in [0.2, 0.25) is 0 Å². The topological polar surface area (TPSA) is 27.0 Å². The highest BCUT2D eigenvalue weighted by Gasteiger charge is 2.40. The standard InChI is InChI=1S/C19H34N2/c1-5-15-9-11-21(12-10-15)18-13-17(19(3,4)6-2)8-7-16(18)14-20/h15-18H,5-13H2,1-4H3. The van der Waals surface area contributed by atoms with Crippen molar-refractivity contribution in [3.63, 3.8) is 0 Å². The van der Waals surface area contributed by atoms with Crippen molar-refractivity contribution in [3.8, 4) is 6.07 Å². The zero-order valence-corrected chi connectivity index (χ0v) is 14.6. The van der Waals surface area contributed by atoms with Gasteiger partial charge in [0.1, 0.15) is 0 Å². The van der Waals surface area contributed by atoms with Crippen LogP contribution in [-0.2, 0) is 0 Å². The Hall–Kier alpha value is -0.550. The van der Waals surface area contributed by atoms with Crippen LogP contribution in [0.2, 0.25) is 0 Å². The van der Waals surface area contributed by atoms with Gasteiger partial charge in [-0.15, -0.1) is 0 Å². The van der Waals surface area contributed by atoms with Gasteiger partial charge in [0.15, 0.2) is 0 Å². The predicted octanol–water partition coefficient (Wildman–Crippen LogP) is 4.85. The summed E-state index contributed by atoms with van der Waals surface area (Å²) >= 11 is 0. The largest absolute Gasteiger partial charge is 0.299 e. The molecule has 1 heterocycles. The molecule has 0 aromatic rings. The summed E-state index contributed by atoms with van der Waals surface area (Å²) < 4.78 is 0. The molecular weight excluding hydrogens is 256 g/mol. The number of rotatable bonds is 4. The summed E-state index contributed by atoms with van der Waals surface area (Å²) in [6.07, 6.45) is 8.87. The number of nitrogens with zero attached hydrogens (tertiary/aromatic N) is 2. The van der Waals surface area contributed by atoms with E-state index in [1.54, 1.807) is 0 Å². The molecule has 1 saturated carbocycles. The van der Waals surface area contributed by atoms with Crippen molar-refractivity contribution < 1.29 is 0 Å². The highest BCUT2D eigenvalue weighted by atomic mass is 15.2. The Kier molecular flexibility index (Phi) is 5.72. The molecule has 2 rings (SSSR count). The Morgan fingerprint density at radius 3 is 2.29 bits per heavy atom. The van der Waals surface area contributed by atoms with Crippen LogP contribution >= 0.6 is 0 Å². The van der Waals surface area contributed by atoms with Crippen molar-refractivity contribution in [1.82, 2.24) is 4.90 Å². The van der Waals surface area contributed by atoms with E-state index in [1.807, 2.05) is 0 Å². The third kappa shape index (κ3) is 3.81. The van der Waals surface area contributed by atoms with Crippen molar-refractivity contribution in [3.05, 3.63) is 0 Å². The molecule has 0 N–H and O–H groups in total. The summed E-state index contributed by atoms with van der Waals surface area (Å²) in [6, 6.07) is 3.15. The number of hydrogen-bond acceptors (Lipinski definition) is 2. The van der Waals surface area contributed by atoms with Crippen LogP contribution in [0, 0.1) is 34.5 Å². The zero-order valence-electron chi connectivity index (χ0n) is 14.6. The van der Waals surface area contributed by atoms with Gasteiger partial charge in [-0.3, -0.25) is 4.90 Å². The average Bonchev–Trinajstić information content (AvgIpc) is 2.54. The Labute approximate surface area is 131 Å². The van der Waals surface area contributed by atoms with E-state index in [-0.39, 0.29) is 5.92 Å². The lowest BCUT2D eigenvalue weighted by atomic mass is 9.65. The lowest BCUT2D eigenvalue weighted by Gasteiger charge is -2.47. The monoisotopic (exact) mass is 290 g/mol. The minimum Gasteiger partial charge on any atom is -0.299 e. The highest BCUT2D eigenvalue weighted by Crippen LogP contribution is 2.44. The van der Waals surface area contributed by atoms with Crippen LogP contribution in [0.15, 0.2) is 0 Å². The van der Waals surface area contributed by atoms with E-state index >= 15 is 0 Å². The van der Waals surface area contributed by atoms with Crippen LogP contribution in [0.3, 0.4) is 0 Å². The van der Waals surface area contributed by atoms with Gasteiger partial charge in [-0.2, -0.15) is 5.26 Å². The molecule has 0 bridgehead atoms. The second kappa shape index (κ2) is 7.14. The van der Waals surface area contributed by atoms with Gasteiger partial charge >= 0.3 is 0 Å². The normalized spacial score (nSPS) is 32.8. The molecule has 1 saturated heterocycles. The lowest BCUT2D eigenvalue weighted by Crippen LogP contribution is -2.49. The quantitative estimate of drug-likeness (QED) is 0.740. The SMILES string of the molecule is CCC1CCN(C2CC(C(C)(C)CC)CCC2C#N)CC1. The second-order valence-corrected chi connectivity index (χ2v) is 8.04. The van der Waals surface area contributed by atoms with Crippen molar-refractivity contribution in [1.29, 1.82) is 5.26 Å². The van der Waals surface area contributed by atoms with E-state index < -0.39 is 0 Å². The predicted molar refractivity (Wildman–Crippen MR) is 88.9 cm³/mol. The molecule has 1 aliphatic carbocycles. The minimum absolute atomic E-state index is 0.270. The zero-order chi connectivity index (χ0) is 15.5. The van der Waals surface area contributed by atoms with Gasteiger partial charge in [0.05, 0.1) is 12.0 Å². The van der Waals surface area contributed by atoms with E-state index in [1.165, 1.54) is 51.6 Å². The third-order valence-corrected chi connectivity index (χ3v) is 6.69. The van der Waals surface area contributed by atoms with E-state index in [4.69, 9.17) is 0 Å². The Morgan fingerprint density at radius 2 is 1.76 bits per heavy atom. The summed E-state index contributed by atoms with van der Waals surface area (Å²) in [7, 11) is 0. The number of likely N-dealkylation sites (tertiary alicyclic amines) is 1. The first-order valence-corrected chi connectivity index (χ1v) is 9.15. The fourth-order valence-electron chi connectivity index (χ4n) is 4.39. The van der Waals surface area contributed by atoms with E-state index in [2.05, 4.69) is 38.7 Å². The van der Waals surface area contributed by atoms with Crippen LogP contribution in [0.1, 0.15) is 72.6 Å². The van der Waals surface area contributed by atoms with Crippen LogP contribution in [0.4, 0.5) is 0 Å². The molecular formula is C19H34N2. The molecule has 0 amide bonds. The van der Waals surface area contributed by atoms with Gasteiger partial charge in [0.25, 0.3) is 0 Å². The molecule has 0 spiro atoms. The maximum Gasteiger partial charge on any atom is 0.0672 e. The van der Waals surface area contributed by atoms with Gasteiger partial charge < -0.3 is 0 Å². The highest BCUT2D eigenvalue weighted by molar-refractivity contribution is 5.00.